The van der Waals surface area contributed by atoms with E-state index in [1.54, 1.807) is 6.92 Å². The first-order valence-corrected chi connectivity index (χ1v) is 5.39. The van der Waals surface area contributed by atoms with Crippen molar-refractivity contribution in [3.8, 4) is 0 Å². The molecule has 3 nitrogen and oxygen atoms in total. The van der Waals surface area contributed by atoms with Crippen molar-refractivity contribution < 1.29 is 9.90 Å². The van der Waals surface area contributed by atoms with Gasteiger partial charge in [-0.25, -0.2) is 0 Å². The molecule has 56 valence electrons. The Hall–Kier alpha value is 0.659. The van der Waals surface area contributed by atoms with E-state index >= 15 is 0 Å². The van der Waals surface area contributed by atoms with Gasteiger partial charge in [0, 0.05) is 0 Å². The van der Waals surface area contributed by atoms with E-state index in [0.717, 1.165) is 0 Å². The second-order valence-electron chi connectivity index (χ2n) is 2.13. The molecule has 10 heavy (non-hydrogen) atoms. The molecule has 0 saturated carbocycles. The average molecular weight is 289 g/mol. The Balaban J connectivity index is 2.88. The summed E-state index contributed by atoms with van der Waals surface area (Å²) in [6, 6.07) is 0. The molecule has 0 bridgehead atoms. The van der Waals surface area contributed by atoms with Gasteiger partial charge in [-0.15, -0.1) is 0 Å². The molecule has 1 saturated heterocycles. The van der Waals surface area contributed by atoms with Crippen molar-refractivity contribution in [3.63, 3.8) is 0 Å². The van der Waals surface area contributed by atoms with E-state index < -0.39 is 14.1 Å². The van der Waals surface area contributed by atoms with Crippen molar-refractivity contribution in [3.05, 3.63) is 0 Å². The van der Waals surface area contributed by atoms with Crippen molar-refractivity contribution in [1.82, 2.24) is 0 Å². The number of hydrogen-bond donors (Lipinski definition) is 2. The van der Waals surface area contributed by atoms with E-state index in [-0.39, 0.29) is 15.0 Å². The third-order valence-corrected chi connectivity index (χ3v) is 6.71. The second kappa shape index (κ2) is 2.32. The van der Waals surface area contributed by atoms with E-state index in [4.69, 9.17) is 5.11 Å². The minimum absolute atomic E-state index is 0.0276. The van der Waals surface area contributed by atoms with Crippen molar-refractivity contribution in [1.29, 1.82) is 0 Å². The molecule has 0 aromatic heterocycles. The molecule has 2 atom stereocenters. The van der Waals surface area contributed by atoms with Crippen LogP contribution in [0.3, 0.4) is 0 Å². The summed E-state index contributed by atoms with van der Waals surface area (Å²) in [5, 5.41) is 8.69. The summed E-state index contributed by atoms with van der Waals surface area (Å²) in [5.74, 6) is -0.872. The summed E-state index contributed by atoms with van der Waals surface area (Å²) < 4.78 is 2.41. The summed E-state index contributed by atoms with van der Waals surface area (Å²) >= 11 is 6.53. The van der Waals surface area contributed by atoms with Crippen LogP contribution in [0.15, 0.2) is 3.96 Å². The Labute approximate surface area is 78.1 Å². The molecule has 0 amide bonds. The van der Waals surface area contributed by atoms with Crippen molar-refractivity contribution in [2.24, 2.45) is 3.96 Å². The predicted octanol–water partition coefficient (Wildman–Crippen LogP) is -0.517. The average Bonchev–Trinajstić information content (AvgIpc) is 2.35. The first kappa shape index (κ1) is 8.75. The third-order valence-electron chi connectivity index (χ3n) is 1.35. The van der Waals surface area contributed by atoms with Gasteiger partial charge >= 0.3 is 78.2 Å². The Bertz CT molecular complexity index is 207. The Morgan fingerprint density at radius 3 is 2.30 bits per heavy atom. The minimum atomic E-state index is -0.900. The molecule has 1 aliphatic rings. The fourth-order valence-corrected chi connectivity index (χ4v) is 4.52. The van der Waals surface area contributed by atoms with Gasteiger partial charge in [0.15, 0.2) is 0 Å². The van der Waals surface area contributed by atoms with Gasteiger partial charge in [0.2, 0.25) is 0 Å². The van der Waals surface area contributed by atoms with E-state index in [9.17, 15) is 4.79 Å². The normalized spacial score (nSPS) is 44.6. The maximum absolute atomic E-state index is 10.6. The van der Waals surface area contributed by atoms with Crippen LogP contribution in [-0.4, -0.2) is 49.9 Å². The van der Waals surface area contributed by atoms with Gasteiger partial charge in [0.1, 0.15) is 0 Å². The number of carboxylic acid groups (broad SMARTS) is 1. The number of thiol groups is 1. The molecule has 0 spiro atoms. The van der Waals surface area contributed by atoms with E-state index in [1.165, 1.54) is 0 Å². The number of aliphatic carboxylic acids is 1. The number of carbonyl (C=O) groups is 1. The molecule has 2 unspecified atom stereocenters. The molecule has 0 aromatic rings. The van der Waals surface area contributed by atoms with Gasteiger partial charge in [-0.2, -0.15) is 0 Å². The zero-order chi connectivity index (χ0) is 7.99. The molecular formula is C4H5NO2SSe2. The topological polar surface area (TPSA) is 49.7 Å². The second-order valence-corrected chi connectivity index (χ2v) is 7.46. The first-order chi connectivity index (χ1) is 4.46. The number of nitrogens with zero attached hydrogens (tertiary/aromatic N) is 1. The maximum atomic E-state index is 10.6. The summed E-state index contributed by atoms with van der Waals surface area (Å²) in [6.45, 7) is 1.80. The monoisotopic (exact) mass is 291 g/mol. The number of rotatable bonds is 2. The van der Waals surface area contributed by atoms with Gasteiger partial charge in [-0.05, 0) is 0 Å². The quantitative estimate of drug-likeness (QED) is 0.531. The molecule has 6 heteroatoms. The van der Waals surface area contributed by atoms with Crippen LogP contribution in [0.25, 0.3) is 0 Å². The van der Waals surface area contributed by atoms with Crippen LogP contribution in [0, 0.1) is 0 Å². The van der Waals surface area contributed by atoms with Gasteiger partial charge < -0.3 is 0 Å². The molecule has 1 rings (SSSR count). The standard InChI is InChI=1S/C4H5NO2SSe2/c1-3(8)4(5-9,10-3)2(6)7/h8H,1H3,(H,6,7). The summed E-state index contributed by atoms with van der Waals surface area (Å²) in [6.07, 6.45) is 0. The zero-order valence-electron chi connectivity index (χ0n) is 5.07. The van der Waals surface area contributed by atoms with E-state index in [0.29, 0.717) is 0 Å². The van der Waals surface area contributed by atoms with Gasteiger partial charge in [-0.1, -0.05) is 0 Å². The molecule has 1 heterocycles. The molecule has 0 radical (unpaired) electrons. The summed E-state index contributed by atoms with van der Waals surface area (Å²) in [4.78, 5) is 10.6. The van der Waals surface area contributed by atoms with Gasteiger partial charge in [-0.3, -0.25) is 0 Å². The van der Waals surface area contributed by atoms with Crippen molar-refractivity contribution in [2.75, 3.05) is 0 Å². The predicted molar refractivity (Wildman–Crippen MR) is 41.7 cm³/mol. The van der Waals surface area contributed by atoms with Crippen LogP contribution >= 0.6 is 12.6 Å². The SMILES string of the molecule is CC1(S)[Se]C1(N=[Se])C(=O)O. The Kier molecular flexibility index (Phi) is 2.03. The number of carboxylic acids is 1. The van der Waals surface area contributed by atoms with Crippen LogP contribution < -0.4 is 0 Å². The Morgan fingerprint density at radius 2 is 2.30 bits per heavy atom. The van der Waals surface area contributed by atoms with Crippen LogP contribution in [0.2, 0.25) is 0 Å². The third kappa shape index (κ3) is 0.989. The van der Waals surface area contributed by atoms with E-state index in [1.807, 2.05) is 0 Å². The Morgan fingerprint density at radius 1 is 1.90 bits per heavy atom. The van der Waals surface area contributed by atoms with Gasteiger partial charge in [0.25, 0.3) is 0 Å². The van der Waals surface area contributed by atoms with Crippen LogP contribution in [0.4, 0.5) is 0 Å². The first-order valence-electron chi connectivity index (χ1n) is 2.47. The molecule has 1 N–H and O–H groups in total. The zero-order valence-corrected chi connectivity index (χ0v) is 9.39. The fourth-order valence-electron chi connectivity index (χ4n) is 0.647. The number of hydrogen-bond acceptors (Lipinski definition) is 3. The summed E-state index contributed by atoms with van der Waals surface area (Å²) in [7, 11) is 0. The van der Waals surface area contributed by atoms with E-state index in [2.05, 4.69) is 32.4 Å². The molecular weight excluding hydrogens is 284 g/mol. The van der Waals surface area contributed by atoms with Crippen LogP contribution in [-0.2, 0) is 4.79 Å². The summed E-state index contributed by atoms with van der Waals surface area (Å²) in [5.41, 5.74) is 0. The van der Waals surface area contributed by atoms with Crippen LogP contribution in [0.5, 0.6) is 0 Å². The van der Waals surface area contributed by atoms with Crippen molar-refractivity contribution in [2.45, 2.75) is 15.0 Å². The molecule has 1 fully saturated rings. The molecule has 0 aliphatic carbocycles. The van der Waals surface area contributed by atoms with Gasteiger partial charge in [0.05, 0.1) is 0 Å². The fraction of sp³-hybridized carbons (Fsp3) is 0.750. The van der Waals surface area contributed by atoms with Crippen molar-refractivity contribution >= 4 is 49.4 Å². The molecule has 0 aromatic carbocycles. The van der Waals surface area contributed by atoms with Crippen LogP contribution in [0.1, 0.15) is 6.92 Å². The molecule has 1 aliphatic heterocycles.